The Hall–Kier alpha value is -1.70. The Balaban J connectivity index is 2.24. The summed E-state index contributed by atoms with van der Waals surface area (Å²) in [6, 6.07) is 12.3. The van der Waals surface area contributed by atoms with E-state index in [2.05, 4.69) is 29.2 Å². The standard InChI is InChI=1S/C12H13N2/c1-14-9-5-8-13-12(14)10-11-6-3-2-4-7-11/h2-9H,10H2,1H3/q+1. The quantitative estimate of drug-likeness (QED) is 0.648. The molecule has 14 heavy (non-hydrogen) atoms. The third kappa shape index (κ3) is 1.96. The first-order chi connectivity index (χ1) is 6.86. The summed E-state index contributed by atoms with van der Waals surface area (Å²) < 4.78 is 2.05. The van der Waals surface area contributed by atoms with Crippen LogP contribution in [0.1, 0.15) is 11.4 Å². The zero-order chi connectivity index (χ0) is 9.80. The third-order valence-corrected chi connectivity index (χ3v) is 2.23. The van der Waals surface area contributed by atoms with Gasteiger partial charge in [-0.15, -0.1) is 0 Å². The Kier molecular flexibility index (Phi) is 2.54. The summed E-state index contributed by atoms with van der Waals surface area (Å²) in [6.45, 7) is 0. The van der Waals surface area contributed by atoms with Crippen LogP contribution in [0.2, 0.25) is 0 Å². The molecule has 0 amide bonds. The highest BCUT2D eigenvalue weighted by molar-refractivity contribution is 5.17. The highest BCUT2D eigenvalue weighted by Crippen LogP contribution is 2.02. The van der Waals surface area contributed by atoms with Crippen molar-refractivity contribution in [1.29, 1.82) is 0 Å². The number of aryl methyl sites for hydroxylation is 1. The first-order valence-electron chi connectivity index (χ1n) is 4.70. The minimum Gasteiger partial charge on any atom is -0.237 e. The monoisotopic (exact) mass is 185 g/mol. The predicted molar refractivity (Wildman–Crippen MR) is 54.7 cm³/mol. The molecule has 0 N–H and O–H groups in total. The van der Waals surface area contributed by atoms with E-state index in [4.69, 9.17) is 0 Å². The Morgan fingerprint density at radius 3 is 2.64 bits per heavy atom. The van der Waals surface area contributed by atoms with Crippen molar-refractivity contribution in [2.24, 2.45) is 7.05 Å². The fourth-order valence-electron chi connectivity index (χ4n) is 1.42. The van der Waals surface area contributed by atoms with Gasteiger partial charge < -0.3 is 0 Å². The van der Waals surface area contributed by atoms with Gasteiger partial charge in [0.05, 0.1) is 19.7 Å². The van der Waals surface area contributed by atoms with E-state index in [-0.39, 0.29) is 0 Å². The molecule has 2 aromatic rings. The van der Waals surface area contributed by atoms with Crippen molar-refractivity contribution in [3.05, 3.63) is 60.2 Å². The second-order valence-electron chi connectivity index (χ2n) is 3.31. The number of benzene rings is 1. The van der Waals surface area contributed by atoms with Gasteiger partial charge in [-0.25, -0.2) is 4.57 Å². The first-order valence-corrected chi connectivity index (χ1v) is 4.70. The van der Waals surface area contributed by atoms with Gasteiger partial charge in [-0.3, -0.25) is 0 Å². The van der Waals surface area contributed by atoms with Gasteiger partial charge in [-0.1, -0.05) is 35.3 Å². The molecule has 0 aliphatic heterocycles. The highest BCUT2D eigenvalue weighted by atomic mass is 15.0. The molecule has 0 radical (unpaired) electrons. The molecule has 2 nitrogen and oxygen atoms in total. The molecule has 0 spiro atoms. The van der Waals surface area contributed by atoms with Crippen LogP contribution >= 0.6 is 0 Å². The molecule has 0 aliphatic carbocycles. The lowest BCUT2D eigenvalue weighted by atomic mass is 10.1. The number of aromatic nitrogens is 2. The summed E-state index contributed by atoms with van der Waals surface area (Å²) in [5.74, 6) is 1.08. The molecule has 2 rings (SSSR count). The molecule has 1 aromatic carbocycles. The Labute approximate surface area is 83.9 Å². The van der Waals surface area contributed by atoms with Crippen LogP contribution in [0.5, 0.6) is 0 Å². The van der Waals surface area contributed by atoms with Gasteiger partial charge in [-0.2, -0.15) is 0 Å². The molecule has 70 valence electrons. The van der Waals surface area contributed by atoms with Crippen LogP contribution in [0.25, 0.3) is 0 Å². The zero-order valence-electron chi connectivity index (χ0n) is 8.22. The molecule has 0 atom stereocenters. The molecule has 0 saturated carbocycles. The minimum absolute atomic E-state index is 0.887. The summed E-state index contributed by atoms with van der Waals surface area (Å²) in [5, 5.41) is 0. The smallest absolute Gasteiger partial charge is 0.237 e. The van der Waals surface area contributed by atoms with E-state index in [0.717, 1.165) is 12.2 Å². The Morgan fingerprint density at radius 1 is 1.14 bits per heavy atom. The first kappa shape index (κ1) is 8.88. The van der Waals surface area contributed by atoms with E-state index in [1.54, 1.807) is 0 Å². The summed E-state index contributed by atoms with van der Waals surface area (Å²) in [6.07, 6.45) is 4.74. The zero-order valence-corrected chi connectivity index (χ0v) is 8.22. The van der Waals surface area contributed by atoms with E-state index in [9.17, 15) is 0 Å². The number of hydrogen-bond donors (Lipinski definition) is 0. The summed E-state index contributed by atoms with van der Waals surface area (Å²) in [7, 11) is 2.02. The largest absolute Gasteiger partial charge is 0.302 e. The van der Waals surface area contributed by atoms with Gasteiger partial charge in [-0.05, 0) is 5.56 Å². The third-order valence-electron chi connectivity index (χ3n) is 2.23. The SMILES string of the molecule is C[n+]1cccnc1Cc1ccccc1. The lowest BCUT2D eigenvalue weighted by molar-refractivity contribution is -0.682. The summed E-state index contributed by atoms with van der Waals surface area (Å²) in [5.41, 5.74) is 1.29. The molecule has 2 heteroatoms. The van der Waals surface area contributed by atoms with Crippen molar-refractivity contribution in [2.75, 3.05) is 0 Å². The van der Waals surface area contributed by atoms with E-state index in [1.165, 1.54) is 5.56 Å². The van der Waals surface area contributed by atoms with Crippen LogP contribution in [-0.2, 0) is 13.5 Å². The molecule has 1 aromatic heterocycles. The van der Waals surface area contributed by atoms with Crippen molar-refractivity contribution in [2.45, 2.75) is 6.42 Å². The van der Waals surface area contributed by atoms with Gasteiger partial charge in [0.25, 0.3) is 0 Å². The molecular weight excluding hydrogens is 172 g/mol. The van der Waals surface area contributed by atoms with Gasteiger partial charge in [0.15, 0.2) is 0 Å². The van der Waals surface area contributed by atoms with Crippen LogP contribution in [0, 0.1) is 0 Å². The average Bonchev–Trinajstić information content (AvgIpc) is 2.23. The lowest BCUT2D eigenvalue weighted by Crippen LogP contribution is -2.34. The van der Waals surface area contributed by atoms with Gasteiger partial charge in [0, 0.05) is 6.07 Å². The van der Waals surface area contributed by atoms with Gasteiger partial charge >= 0.3 is 5.82 Å². The van der Waals surface area contributed by atoms with Crippen LogP contribution in [0.4, 0.5) is 0 Å². The van der Waals surface area contributed by atoms with E-state index < -0.39 is 0 Å². The van der Waals surface area contributed by atoms with Crippen LogP contribution in [0.15, 0.2) is 48.8 Å². The van der Waals surface area contributed by atoms with E-state index in [0.29, 0.717) is 0 Å². The van der Waals surface area contributed by atoms with Gasteiger partial charge in [0.1, 0.15) is 6.20 Å². The summed E-state index contributed by atoms with van der Waals surface area (Å²) in [4.78, 5) is 4.34. The van der Waals surface area contributed by atoms with Crippen molar-refractivity contribution in [3.8, 4) is 0 Å². The predicted octanol–water partition coefficient (Wildman–Crippen LogP) is 1.50. The fraction of sp³-hybridized carbons (Fsp3) is 0.167. The number of nitrogens with zero attached hydrogens (tertiary/aromatic N) is 2. The van der Waals surface area contributed by atoms with Crippen LogP contribution in [0.3, 0.4) is 0 Å². The van der Waals surface area contributed by atoms with Crippen molar-refractivity contribution >= 4 is 0 Å². The number of hydrogen-bond acceptors (Lipinski definition) is 1. The van der Waals surface area contributed by atoms with Crippen molar-refractivity contribution in [1.82, 2.24) is 4.98 Å². The second kappa shape index (κ2) is 4.01. The fourth-order valence-corrected chi connectivity index (χ4v) is 1.42. The molecule has 0 unspecified atom stereocenters. The van der Waals surface area contributed by atoms with E-state index in [1.807, 2.05) is 36.1 Å². The summed E-state index contributed by atoms with van der Waals surface area (Å²) >= 11 is 0. The maximum Gasteiger partial charge on any atom is 0.302 e. The number of rotatable bonds is 2. The molecule has 0 aliphatic rings. The average molecular weight is 185 g/mol. The molecule has 1 heterocycles. The normalized spacial score (nSPS) is 10.1. The van der Waals surface area contributed by atoms with Crippen molar-refractivity contribution in [3.63, 3.8) is 0 Å². The van der Waals surface area contributed by atoms with Gasteiger partial charge in [0.2, 0.25) is 0 Å². The van der Waals surface area contributed by atoms with Crippen LogP contribution < -0.4 is 4.57 Å². The van der Waals surface area contributed by atoms with E-state index >= 15 is 0 Å². The second-order valence-corrected chi connectivity index (χ2v) is 3.31. The lowest BCUT2D eigenvalue weighted by Gasteiger charge is -1.97. The topological polar surface area (TPSA) is 16.8 Å². The Morgan fingerprint density at radius 2 is 1.93 bits per heavy atom. The molecule has 0 saturated heterocycles. The highest BCUT2D eigenvalue weighted by Gasteiger charge is 2.07. The van der Waals surface area contributed by atoms with Crippen LogP contribution in [-0.4, -0.2) is 4.98 Å². The molecular formula is C12H13N2+. The molecule has 0 fully saturated rings. The maximum absolute atomic E-state index is 4.34. The van der Waals surface area contributed by atoms with Crippen molar-refractivity contribution < 1.29 is 4.57 Å². The maximum atomic E-state index is 4.34. The Bertz CT molecular complexity index is 410. The minimum atomic E-state index is 0.887. The molecule has 0 bridgehead atoms.